The Morgan fingerprint density at radius 3 is 2.50 bits per heavy atom. The van der Waals surface area contributed by atoms with Crippen molar-refractivity contribution < 1.29 is 27.9 Å². The van der Waals surface area contributed by atoms with E-state index in [1.807, 2.05) is 12.1 Å². The predicted molar refractivity (Wildman–Crippen MR) is 96.9 cm³/mol. The van der Waals surface area contributed by atoms with Gasteiger partial charge in [0.15, 0.2) is 13.2 Å². The zero-order valence-electron chi connectivity index (χ0n) is 15.0. The number of methoxy groups -OCH3 is 1. The molecule has 0 spiro atoms. The molecule has 8 heteroatoms. The van der Waals surface area contributed by atoms with Crippen molar-refractivity contribution in [1.82, 2.24) is 10.1 Å². The molecule has 0 amide bonds. The minimum atomic E-state index is -0.543. The first kappa shape index (κ1) is 19.1. The highest BCUT2D eigenvalue weighted by Gasteiger charge is 2.09. The summed E-state index contributed by atoms with van der Waals surface area (Å²) in [6.45, 7) is -0.115. The van der Waals surface area contributed by atoms with Gasteiger partial charge in [-0.1, -0.05) is 17.3 Å². The molecule has 0 atom stereocenters. The number of esters is 1. The molecular weight excluding hydrogens is 367 g/mol. The van der Waals surface area contributed by atoms with Gasteiger partial charge in [0.05, 0.1) is 7.11 Å². The number of halogens is 1. The molecule has 1 heterocycles. The zero-order chi connectivity index (χ0) is 19.8. The van der Waals surface area contributed by atoms with Gasteiger partial charge in [0.2, 0.25) is 5.82 Å². The normalized spacial score (nSPS) is 10.8. The van der Waals surface area contributed by atoms with Gasteiger partial charge in [-0.2, -0.15) is 4.98 Å². The topological polar surface area (TPSA) is 83.7 Å². The van der Waals surface area contributed by atoms with Gasteiger partial charge in [0, 0.05) is 6.08 Å². The van der Waals surface area contributed by atoms with Crippen LogP contribution >= 0.6 is 0 Å². The van der Waals surface area contributed by atoms with Crippen LogP contribution < -0.4 is 9.47 Å². The highest BCUT2D eigenvalue weighted by molar-refractivity contribution is 5.87. The van der Waals surface area contributed by atoms with Crippen LogP contribution in [0.15, 0.2) is 59.1 Å². The van der Waals surface area contributed by atoms with E-state index in [0.29, 0.717) is 5.75 Å². The summed E-state index contributed by atoms with van der Waals surface area (Å²) in [5, 5.41) is 3.73. The number of hydrogen-bond acceptors (Lipinski definition) is 7. The van der Waals surface area contributed by atoms with Crippen LogP contribution in [-0.4, -0.2) is 23.2 Å². The van der Waals surface area contributed by atoms with Crippen LogP contribution in [0.4, 0.5) is 4.39 Å². The number of hydrogen-bond donors (Lipinski definition) is 0. The van der Waals surface area contributed by atoms with E-state index < -0.39 is 5.97 Å². The molecule has 3 aromatic rings. The largest absolute Gasteiger partial charge is 0.497 e. The molecule has 0 fully saturated rings. The Kier molecular flexibility index (Phi) is 6.35. The number of nitrogens with zero attached hydrogens (tertiary/aromatic N) is 2. The Morgan fingerprint density at radius 2 is 1.79 bits per heavy atom. The Morgan fingerprint density at radius 1 is 1.07 bits per heavy atom. The molecule has 0 radical (unpaired) electrons. The minimum Gasteiger partial charge on any atom is -0.497 e. The molecule has 28 heavy (non-hydrogen) atoms. The maximum absolute atomic E-state index is 12.8. The summed E-state index contributed by atoms with van der Waals surface area (Å²) in [4.78, 5) is 15.8. The number of carbonyl (C=O) groups excluding carboxylic acids is 1. The van der Waals surface area contributed by atoms with Crippen molar-refractivity contribution in [2.45, 2.75) is 13.2 Å². The molecule has 0 aliphatic rings. The molecule has 0 aliphatic heterocycles. The number of ether oxygens (including phenoxy) is 3. The molecule has 7 nitrogen and oxygen atoms in total. The van der Waals surface area contributed by atoms with Crippen LogP contribution in [0.2, 0.25) is 0 Å². The SMILES string of the molecule is COc1ccc(/C=C/C(=O)OCc2nc(COc3ccc(F)cc3)no2)cc1. The second-order valence-corrected chi connectivity index (χ2v) is 5.56. The summed E-state index contributed by atoms with van der Waals surface area (Å²) >= 11 is 0. The predicted octanol–water partition coefficient (Wildman–Crippen LogP) is 3.55. The van der Waals surface area contributed by atoms with Crippen LogP contribution in [0.25, 0.3) is 6.08 Å². The summed E-state index contributed by atoms with van der Waals surface area (Å²) in [5.74, 6) is 0.737. The molecule has 2 aromatic carbocycles. The number of carbonyl (C=O) groups is 1. The van der Waals surface area contributed by atoms with Crippen molar-refractivity contribution in [2.24, 2.45) is 0 Å². The van der Waals surface area contributed by atoms with Crippen LogP contribution in [0.5, 0.6) is 11.5 Å². The maximum atomic E-state index is 12.8. The summed E-state index contributed by atoms with van der Waals surface area (Å²) in [6, 6.07) is 12.8. The van der Waals surface area contributed by atoms with Crippen molar-refractivity contribution in [1.29, 1.82) is 0 Å². The maximum Gasteiger partial charge on any atom is 0.331 e. The van der Waals surface area contributed by atoms with Crippen molar-refractivity contribution in [3.63, 3.8) is 0 Å². The molecule has 3 rings (SSSR count). The van der Waals surface area contributed by atoms with Gasteiger partial charge >= 0.3 is 5.97 Å². The van der Waals surface area contributed by atoms with Crippen LogP contribution in [0, 0.1) is 5.82 Å². The van der Waals surface area contributed by atoms with Crippen molar-refractivity contribution >= 4 is 12.0 Å². The fourth-order valence-corrected chi connectivity index (χ4v) is 2.15. The summed E-state index contributed by atoms with van der Waals surface area (Å²) in [7, 11) is 1.58. The Balaban J connectivity index is 1.44. The van der Waals surface area contributed by atoms with E-state index in [1.54, 1.807) is 25.3 Å². The van der Waals surface area contributed by atoms with E-state index in [1.165, 1.54) is 30.3 Å². The fourth-order valence-electron chi connectivity index (χ4n) is 2.15. The third-order valence-electron chi connectivity index (χ3n) is 3.56. The molecule has 0 aliphatic carbocycles. The van der Waals surface area contributed by atoms with E-state index in [-0.39, 0.29) is 30.7 Å². The molecule has 1 aromatic heterocycles. The van der Waals surface area contributed by atoms with E-state index in [2.05, 4.69) is 10.1 Å². The molecule has 0 N–H and O–H groups in total. The van der Waals surface area contributed by atoms with E-state index >= 15 is 0 Å². The quantitative estimate of drug-likeness (QED) is 0.434. The smallest absolute Gasteiger partial charge is 0.331 e. The monoisotopic (exact) mass is 384 g/mol. The Labute approximate surface area is 160 Å². The molecule has 144 valence electrons. The average Bonchev–Trinajstić information content (AvgIpc) is 3.18. The highest BCUT2D eigenvalue weighted by Crippen LogP contribution is 2.13. The van der Waals surface area contributed by atoms with Gasteiger partial charge in [-0.3, -0.25) is 0 Å². The first-order valence-electron chi connectivity index (χ1n) is 8.31. The number of rotatable bonds is 8. The Bertz CT molecular complexity index is 936. The number of aromatic nitrogens is 2. The fraction of sp³-hybridized carbons (Fsp3) is 0.150. The van der Waals surface area contributed by atoms with Gasteiger partial charge in [0.1, 0.15) is 17.3 Å². The van der Waals surface area contributed by atoms with Crippen LogP contribution in [0.3, 0.4) is 0 Å². The zero-order valence-corrected chi connectivity index (χ0v) is 15.0. The Hall–Kier alpha value is -3.68. The summed E-state index contributed by atoms with van der Waals surface area (Å²) in [5.41, 5.74) is 0.829. The lowest BCUT2D eigenvalue weighted by atomic mass is 10.2. The highest BCUT2D eigenvalue weighted by atomic mass is 19.1. The third-order valence-corrected chi connectivity index (χ3v) is 3.56. The lowest BCUT2D eigenvalue weighted by molar-refractivity contribution is -0.139. The van der Waals surface area contributed by atoms with Gasteiger partial charge in [-0.25, -0.2) is 9.18 Å². The summed E-state index contributed by atoms with van der Waals surface area (Å²) in [6.07, 6.45) is 2.92. The number of benzene rings is 2. The molecule has 0 saturated carbocycles. The second-order valence-electron chi connectivity index (χ2n) is 5.56. The molecule has 0 bridgehead atoms. The average molecular weight is 384 g/mol. The van der Waals surface area contributed by atoms with Crippen LogP contribution in [-0.2, 0) is 22.7 Å². The first-order chi connectivity index (χ1) is 13.6. The lowest BCUT2D eigenvalue weighted by Gasteiger charge is -2.01. The minimum absolute atomic E-state index is 0.0421. The van der Waals surface area contributed by atoms with Crippen LogP contribution in [0.1, 0.15) is 17.3 Å². The second kappa shape index (κ2) is 9.31. The lowest BCUT2D eigenvalue weighted by Crippen LogP contribution is -2.02. The molecular formula is C20H17FN2O5. The third kappa shape index (κ3) is 5.66. The van der Waals surface area contributed by atoms with E-state index in [9.17, 15) is 9.18 Å². The van der Waals surface area contributed by atoms with Gasteiger partial charge in [-0.05, 0) is 48.0 Å². The first-order valence-corrected chi connectivity index (χ1v) is 8.31. The molecule has 0 saturated heterocycles. The van der Waals surface area contributed by atoms with E-state index in [4.69, 9.17) is 18.7 Å². The van der Waals surface area contributed by atoms with Crippen molar-refractivity contribution in [3.05, 3.63) is 77.7 Å². The van der Waals surface area contributed by atoms with Gasteiger partial charge < -0.3 is 18.7 Å². The van der Waals surface area contributed by atoms with Crippen molar-refractivity contribution in [2.75, 3.05) is 7.11 Å². The van der Waals surface area contributed by atoms with Crippen molar-refractivity contribution in [3.8, 4) is 11.5 Å². The standard InChI is InChI=1S/C20H17FN2O5/c1-25-16-7-2-14(3-8-16)4-11-20(24)27-13-19-22-18(23-28-19)12-26-17-9-5-15(21)6-10-17/h2-11H,12-13H2,1H3/b11-4+. The van der Waals surface area contributed by atoms with Gasteiger partial charge in [-0.15, -0.1) is 0 Å². The molecule has 0 unspecified atom stereocenters. The van der Waals surface area contributed by atoms with E-state index in [0.717, 1.165) is 11.3 Å². The van der Waals surface area contributed by atoms with Gasteiger partial charge in [0.25, 0.3) is 5.89 Å². The summed E-state index contributed by atoms with van der Waals surface area (Å²) < 4.78 is 33.4.